The highest BCUT2D eigenvalue weighted by molar-refractivity contribution is 7.80. The minimum absolute atomic E-state index is 0.0222. The smallest absolute Gasteiger partial charge is 0.321 e. The minimum atomic E-state index is -1.84. The molecule has 1 heterocycles. The molecule has 0 saturated heterocycles. The van der Waals surface area contributed by atoms with Crippen molar-refractivity contribution >= 4 is 40.0 Å². The van der Waals surface area contributed by atoms with Gasteiger partial charge >= 0.3 is 11.9 Å². The number of rotatable bonds is 5. The lowest BCUT2D eigenvalue weighted by atomic mass is 9.72. The van der Waals surface area contributed by atoms with Gasteiger partial charge in [-0.05, 0) is 55.0 Å². The van der Waals surface area contributed by atoms with Gasteiger partial charge < -0.3 is 14.8 Å². The van der Waals surface area contributed by atoms with E-state index in [1.54, 1.807) is 0 Å². The average molecular weight is 484 g/mol. The number of aryl methyl sites for hydroxylation is 1. The van der Waals surface area contributed by atoms with Gasteiger partial charge in [0.2, 0.25) is 0 Å². The fraction of sp³-hybridized carbons (Fsp3) is 0.207. The summed E-state index contributed by atoms with van der Waals surface area (Å²) < 4.78 is 2.02. The Morgan fingerprint density at radius 3 is 2.29 bits per heavy atom. The average Bonchev–Trinajstić information content (AvgIpc) is 3.17. The number of aliphatic carboxylic acids is 2. The summed E-state index contributed by atoms with van der Waals surface area (Å²) in [6.07, 6.45) is 1.00. The molecule has 176 valence electrons. The van der Waals surface area contributed by atoms with Crippen LogP contribution in [-0.4, -0.2) is 31.7 Å². The van der Waals surface area contributed by atoms with Gasteiger partial charge in [-0.15, -0.1) is 0 Å². The second-order valence-electron chi connectivity index (χ2n) is 9.31. The van der Waals surface area contributed by atoms with Crippen LogP contribution in [0.2, 0.25) is 0 Å². The van der Waals surface area contributed by atoms with Crippen LogP contribution >= 0.6 is 12.2 Å². The molecular weight excluding hydrogens is 458 g/mol. The maximum atomic E-state index is 12.2. The zero-order valence-electron chi connectivity index (χ0n) is 19.3. The van der Waals surface area contributed by atoms with E-state index >= 15 is 0 Å². The third kappa shape index (κ3) is 3.94. The SMILES string of the molecule is Cc1ccc(C(=S)n2c3c(c4cc(Cc5ccccc5)ccc42)CC(C(=O)O)(C(=O)O)CC3)cc1. The summed E-state index contributed by atoms with van der Waals surface area (Å²) in [4.78, 5) is 24.9. The van der Waals surface area contributed by atoms with E-state index in [1.165, 1.54) is 5.56 Å². The lowest BCUT2D eigenvalue weighted by molar-refractivity contribution is -0.165. The number of thiocarbonyl (C=S) groups is 1. The first kappa shape index (κ1) is 23.0. The van der Waals surface area contributed by atoms with Crippen LogP contribution in [0.15, 0.2) is 72.8 Å². The molecule has 3 aromatic carbocycles. The zero-order chi connectivity index (χ0) is 24.7. The molecular formula is C29H25NO4S. The fourth-order valence-corrected chi connectivity index (χ4v) is 5.44. The number of hydrogen-bond acceptors (Lipinski definition) is 3. The molecule has 35 heavy (non-hydrogen) atoms. The first-order valence-corrected chi connectivity index (χ1v) is 12.0. The molecule has 6 heteroatoms. The highest BCUT2D eigenvalue weighted by Crippen LogP contribution is 2.42. The van der Waals surface area contributed by atoms with Crippen LogP contribution in [0.5, 0.6) is 0 Å². The van der Waals surface area contributed by atoms with Crippen molar-refractivity contribution in [3.8, 4) is 0 Å². The van der Waals surface area contributed by atoms with E-state index in [-0.39, 0.29) is 12.8 Å². The van der Waals surface area contributed by atoms with Crippen molar-refractivity contribution in [1.82, 2.24) is 4.57 Å². The Balaban J connectivity index is 1.69. The maximum Gasteiger partial charge on any atom is 0.321 e. The third-order valence-corrected chi connectivity index (χ3v) is 7.50. The maximum absolute atomic E-state index is 12.2. The number of hydrogen-bond donors (Lipinski definition) is 2. The molecule has 0 aliphatic heterocycles. The predicted molar refractivity (Wildman–Crippen MR) is 139 cm³/mol. The van der Waals surface area contributed by atoms with Crippen LogP contribution in [0.3, 0.4) is 0 Å². The second-order valence-corrected chi connectivity index (χ2v) is 9.70. The summed E-state index contributed by atoms with van der Waals surface area (Å²) in [6.45, 7) is 2.02. The summed E-state index contributed by atoms with van der Waals surface area (Å²) in [5.41, 5.74) is 4.98. The van der Waals surface area contributed by atoms with E-state index in [0.29, 0.717) is 11.4 Å². The van der Waals surface area contributed by atoms with Gasteiger partial charge in [0, 0.05) is 23.1 Å². The standard InChI is InChI=1S/C29H25NO4S/c1-18-7-10-21(11-8-18)26(35)30-24-12-9-20(15-19-5-3-2-4-6-19)16-22(24)23-17-29(27(31)32,28(33)34)14-13-25(23)30/h2-12,16H,13-15,17H2,1H3,(H,31,32)(H,33,34). The molecule has 0 fully saturated rings. The van der Waals surface area contributed by atoms with Crippen molar-refractivity contribution in [2.75, 3.05) is 0 Å². The Labute approximate surface area is 208 Å². The summed E-state index contributed by atoms with van der Waals surface area (Å²) in [7, 11) is 0. The van der Waals surface area contributed by atoms with Crippen molar-refractivity contribution in [2.24, 2.45) is 5.41 Å². The van der Waals surface area contributed by atoms with Gasteiger partial charge in [0.15, 0.2) is 5.41 Å². The number of aromatic nitrogens is 1. The van der Waals surface area contributed by atoms with E-state index in [0.717, 1.165) is 45.3 Å². The van der Waals surface area contributed by atoms with Crippen LogP contribution in [0.25, 0.3) is 10.9 Å². The van der Waals surface area contributed by atoms with Crippen molar-refractivity contribution in [3.63, 3.8) is 0 Å². The Morgan fingerprint density at radius 2 is 1.63 bits per heavy atom. The highest BCUT2D eigenvalue weighted by atomic mass is 32.1. The molecule has 0 radical (unpaired) electrons. The molecule has 0 bridgehead atoms. The van der Waals surface area contributed by atoms with Crippen molar-refractivity contribution in [1.29, 1.82) is 0 Å². The number of carboxylic acids is 2. The quantitative estimate of drug-likeness (QED) is 0.293. The van der Waals surface area contributed by atoms with Crippen molar-refractivity contribution < 1.29 is 19.8 Å². The van der Waals surface area contributed by atoms with Crippen molar-refractivity contribution in [2.45, 2.75) is 32.6 Å². The van der Waals surface area contributed by atoms with Gasteiger partial charge in [0.05, 0.1) is 5.52 Å². The Hall–Kier alpha value is -3.77. The van der Waals surface area contributed by atoms with Crippen LogP contribution in [0.1, 0.15) is 39.9 Å². The summed E-state index contributed by atoms with van der Waals surface area (Å²) in [6, 6.07) is 24.3. The number of benzene rings is 3. The molecule has 4 aromatic rings. The number of carbonyl (C=O) groups is 2. The van der Waals surface area contributed by atoms with Gasteiger partial charge in [-0.3, -0.25) is 9.59 Å². The molecule has 5 rings (SSSR count). The minimum Gasteiger partial charge on any atom is -0.480 e. The van der Waals surface area contributed by atoms with Gasteiger partial charge in [-0.25, -0.2) is 0 Å². The first-order valence-electron chi connectivity index (χ1n) is 11.6. The van der Waals surface area contributed by atoms with E-state index in [1.807, 2.05) is 60.0 Å². The van der Waals surface area contributed by atoms with E-state index in [4.69, 9.17) is 12.2 Å². The van der Waals surface area contributed by atoms with E-state index in [9.17, 15) is 19.8 Å². The molecule has 1 aliphatic rings. The van der Waals surface area contributed by atoms with E-state index in [2.05, 4.69) is 24.3 Å². The van der Waals surface area contributed by atoms with Crippen molar-refractivity contribution in [3.05, 3.63) is 106 Å². The van der Waals surface area contributed by atoms with Gasteiger partial charge in [0.25, 0.3) is 0 Å². The van der Waals surface area contributed by atoms with Gasteiger partial charge in [0.1, 0.15) is 4.99 Å². The van der Waals surface area contributed by atoms with Crippen LogP contribution in [0, 0.1) is 12.3 Å². The fourth-order valence-electron chi connectivity index (χ4n) is 5.09. The monoisotopic (exact) mass is 483 g/mol. The third-order valence-electron chi connectivity index (χ3n) is 7.08. The molecule has 5 nitrogen and oxygen atoms in total. The van der Waals surface area contributed by atoms with Gasteiger partial charge in [-0.1, -0.05) is 78.4 Å². The van der Waals surface area contributed by atoms with Crippen LogP contribution in [0.4, 0.5) is 0 Å². The molecule has 1 aliphatic carbocycles. The highest BCUT2D eigenvalue weighted by Gasteiger charge is 2.50. The molecule has 2 N–H and O–H groups in total. The predicted octanol–water partition coefficient (Wildman–Crippen LogP) is 5.41. The number of nitrogens with zero attached hydrogens (tertiary/aromatic N) is 1. The lowest BCUT2D eigenvalue weighted by Crippen LogP contribution is -2.44. The second kappa shape index (κ2) is 8.78. The number of carboxylic acid groups (broad SMARTS) is 2. The molecule has 0 spiro atoms. The molecule has 0 saturated carbocycles. The molecule has 1 aromatic heterocycles. The topological polar surface area (TPSA) is 79.5 Å². The van der Waals surface area contributed by atoms with Crippen LogP contribution < -0.4 is 0 Å². The Morgan fingerprint density at radius 1 is 0.943 bits per heavy atom. The van der Waals surface area contributed by atoms with Crippen LogP contribution in [-0.2, 0) is 28.9 Å². The van der Waals surface area contributed by atoms with Gasteiger partial charge in [-0.2, -0.15) is 0 Å². The lowest BCUT2D eigenvalue weighted by Gasteiger charge is -2.30. The van der Waals surface area contributed by atoms with E-state index < -0.39 is 17.4 Å². The Bertz CT molecular complexity index is 1450. The molecule has 0 amide bonds. The molecule has 0 atom stereocenters. The first-order chi connectivity index (χ1) is 16.8. The summed E-state index contributed by atoms with van der Waals surface area (Å²) >= 11 is 5.93. The number of fused-ring (bicyclic) bond motifs is 3. The molecule has 0 unspecified atom stereocenters. The summed E-state index contributed by atoms with van der Waals surface area (Å²) in [5.74, 6) is -2.59. The Kier molecular flexibility index (Phi) is 5.77. The normalized spacial score (nSPS) is 14.4. The zero-order valence-corrected chi connectivity index (χ0v) is 20.1. The largest absolute Gasteiger partial charge is 0.480 e. The summed E-state index contributed by atoms with van der Waals surface area (Å²) in [5, 5.41) is 20.7.